The maximum atomic E-state index is 12.5. The van der Waals surface area contributed by atoms with Crippen LogP contribution in [-0.2, 0) is 6.54 Å². The van der Waals surface area contributed by atoms with E-state index in [1.54, 1.807) is 0 Å². The summed E-state index contributed by atoms with van der Waals surface area (Å²) in [4.78, 5) is 12.5. The molecule has 0 saturated heterocycles. The van der Waals surface area contributed by atoms with Crippen LogP contribution in [0.1, 0.15) is 28.0 Å². The molecule has 4 heteroatoms. The summed E-state index contributed by atoms with van der Waals surface area (Å²) in [6.45, 7) is 5.14. The van der Waals surface area contributed by atoms with Gasteiger partial charge in [-0.15, -0.1) is 0 Å². The number of carboxylic acids is 1. The second-order valence-electron chi connectivity index (χ2n) is 8.75. The number of fused-ring (bicyclic) bond motifs is 2. The molecule has 5 rings (SSSR count). The van der Waals surface area contributed by atoms with Gasteiger partial charge >= 0.3 is 5.97 Å². The van der Waals surface area contributed by atoms with E-state index in [-0.39, 0.29) is 0 Å². The molecule has 0 fully saturated rings. The summed E-state index contributed by atoms with van der Waals surface area (Å²) >= 11 is 0. The molecule has 170 valence electrons. The molecule has 0 aliphatic carbocycles. The molecule has 0 aliphatic rings. The van der Waals surface area contributed by atoms with E-state index in [1.165, 1.54) is 0 Å². The van der Waals surface area contributed by atoms with Crippen LogP contribution in [0.25, 0.3) is 32.8 Å². The summed E-state index contributed by atoms with van der Waals surface area (Å²) in [5, 5.41) is 13.4. The second kappa shape index (κ2) is 9.06. The molecule has 1 heterocycles. The number of hydrogen-bond donors (Lipinski definition) is 1. The van der Waals surface area contributed by atoms with Gasteiger partial charge in [0.2, 0.25) is 0 Å². The Hall–Kier alpha value is -4.05. The summed E-state index contributed by atoms with van der Waals surface area (Å²) in [5.41, 5.74) is 5.22. The van der Waals surface area contributed by atoms with Gasteiger partial charge in [0.25, 0.3) is 0 Å². The number of benzene rings is 4. The SMILES string of the molecule is Cc1cc(C)cc(-c2c(C(=O)O)n(CCCOc3cccc4ccccc34)c3ccccc23)c1. The predicted octanol–water partition coefficient (Wildman–Crippen LogP) is 7.25. The van der Waals surface area contributed by atoms with Crippen molar-refractivity contribution >= 4 is 27.6 Å². The van der Waals surface area contributed by atoms with E-state index >= 15 is 0 Å². The monoisotopic (exact) mass is 449 g/mol. The molecule has 0 radical (unpaired) electrons. The fraction of sp³-hybridized carbons (Fsp3) is 0.167. The van der Waals surface area contributed by atoms with Gasteiger partial charge in [-0.25, -0.2) is 4.79 Å². The van der Waals surface area contributed by atoms with Crippen LogP contribution in [0.5, 0.6) is 5.75 Å². The Morgan fingerprint density at radius 1 is 0.853 bits per heavy atom. The van der Waals surface area contributed by atoms with E-state index in [2.05, 4.69) is 36.4 Å². The maximum Gasteiger partial charge on any atom is 0.353 e. The highest BCUT2D eigenvalue weighted by molar-refractivity contribution is 6.08. The van der Waals surface area contributed by atoms with Crippen molar-refractivity contribution in [1.29, 1.82) is 0 Å². The molecule has 0 spiro atoms. The van der Waals surface area contributed by atoms with Gasteiger partial charge in [-0.05, 0) is 43.4 Å². The molecule has 5 aromatic rings. The number of para-hydroxylation sites is 1. The van der Waals surface area contributed by atoms with Crippen LogP contribution in [-0.4, -0.2) is 22.2 Å². The minimum Gasteiger partial charge on any atom is -0.493 e. The summed E-state index contributed by atoms with van der Waals surface area (Å²) in [6, 6.07) is 28.4. The Morgan fingerprint density at radius 3 is 2.29 bits per heavy atom. The summed E-state index contributed by atoms with van der Waals surface area (Å²) < 4.78 is 8.04. The van der Waals surface area contributed by atoms with E-state index in [4.69, 9.17) is 4.74 Å². The van der Waals surface area contributed by atoms with Gasteiger partial charge < -0.3 is 14.4 Å². The predicted molar refractivity (Wildman–Crippen MR) is 138 cm³/mol. The average Bonchev–Trinajstić information content (AvgIpc) is 3.16. The Labute approximate surface area is 199 Å². The van der Waals surface area contributed by atoms with Crippen LogP contribution in [0, 0.1) is 13.8 Å². The van der Waals surface area contributed by atoms with Gasteiger partial charge in [-0.1, -0.05) is 83.9 Å². The Bertz CT molecular complexity index is 1490. The molecule has 4 aromatic carbocycles. The lowest BCUT2D eigenvalue weighted by Crippen LogP contribution is -2.12. The number of carboxylic acid groups (broad SMARTS) is 1. The van der Waals surface area contributed by atoms with Crippen LogP contribution in [0.15, 0.2) is 84.9 Å². The molecule has 0 saturated carbocycles. The number of rotatable bonds is 7. The van der Waals surface area contributed by atoms with Crippen molar-refractivity contribution in [2.75, 3.05) is 6.61 Å². The van der Waals surface area contributed by atoms with E-state index in [1.807, 2.05) is 66.9 Å². The molecule has 34 heavy (non-hydrogen) atoms. The largest absolute Gasteiger partial charge is 0.493 e. The zero-order chi connectivity index (χ0) is 23.7. The summed E-state index contributed by atoms with van der Waals surface area (Å²) in [5.74, 6) is -0.0646. The average molecular weight is 450 g/mol. The highest BCUT2D eigenvalue weighted by Crippen LogP contribution is 2.36. The molecule has 0 aliphatic heterocycles. The first-order valence-electron chi connectivity index (χ1n) is 11.6. The number of ether oxygens (including phenoxy) is 1. The van der Waals surface area contributed by atoms with Crippen molar-refractivity contribution in [3.05, 3.63) is 102 Å². The second-order valence-corrected chi connectivity index (χ2v) is 8.75. The van der Waals surface area contributed by atoms with Gasteiger partial charge in [-0.2, -0.15) is 0 Å². The van der Waals surface area contributed by atoms with Gasteiger partial charge in [0, 0.05) is 28.4 Å². The molecule has 1 aromatic heterocycles. The van der Waals surface area contributed by atoms with Crippen molar-refractivity contribution in [3.63, 3.8) is 0 Å². The van der Waals surface area contributed by atoms with Crippen molar-refractivity contribution in [2.45, 2.75) is 26.8 Å². The summed E-state index contributed by atoms with van der Waals surface area (Å²) in [6.07, 6.45) is 0.689. The summed E-state index contributed by atoms with van der Waals surface area (Å²) in [7, 11) is 0. The van der Waals surface area contributed by atoms with Gasteiger partial charge in [-0.3, -0.25) is 0 Å². The van der Waals surface area contributed by atoms with Gasteiger partial charge in [0.1, 0.15) is 11.4 Å². The quantitative estimate of drug-likeness (QED) is 0.266. The molecule has 0 bridgehead atoms. The maximum absolute atomic E-state index is 12.5. The highest BCUT2D eigenvalue weighted by Gasteiger charge is 2.23. The number of nitrogens with zero attached hydrogens (tertiary/aromatic N) is 1. The van der Waals surface area contributed by atoms with Crippen molar-refractivity contribution in [1.82, 2.24) is 4.57 Å². The first-order valence-corrected chi connectivity index (χ1v) is 11.6. The standard InChI is InChI=1S/C30H27NO3/c1-20-17-21(2)19-23(18-20)28-25-12-5-6-13-26(25)31(29(28)30(32)33)15-8-16-34-27-14-7-10-22-9-3-4-11-24(22)27/h3-7,9-14,17-19H,8,15-16H2,1-2H3,(H,32,33). The Morgan fingerprint density at radius 2 is 1.53 bits per heavy atom. The van der Waals surface area contributed by atoms with Crippen LogP contribution in [0.3, 0.4) is 0 Å². The number of hydrogen-bond acceptors (Lipinski definition) is 2. The highest BCUT2D eigenvalue weighted by atomic mass is 16.5. The minimum atomic E-state index is -0.916. The first kappa shape index (κ1) is 21.8. The van der Waals surface area contributed by atoms with Crippen LogP contribution in [0.2, 0.25) is 0 Å². The molecule has 1 N–H and O–H groups in total. The molecule has 4 nitrogen and oxygen atoms in total. The van der Waals surface area contributed by atoms with Crippen LogP contribution in [0.4, 0.5) is 0 Å². The molecule has 0 atom stereocenters. The number of aryl methyl sites for hydroxylation is 3. The van der Waals surface area contributed by atoms with Gasteiger partial charge in [0.15, 0.2) is 0 Å². The van der Waals surface area contributed by atoms with Crippen molar-refractivity contribution in [3.8, 4) is 16.9 Å². The van der Waals surface area contributed by atoms with E-state index < -0.39 is 5.97 Å². The third-order valence-corrected chi connectivity index (χ3v) is 6.22. The Balaban J connectivity index is 1.47. The third-order valence-electron chi connectivity index (χ3n) is 6.22. The topological polar surface area (TPSA) is 51.5 Å². The zero-order valence-electron chi connectivity index (χ0n) is 19.4. The van der Waals surface area contributed by atoms with E-state index in [9.17, 15) is 9.90 Å². The number of carbonyl (C=O) groups is 1. The number of aromatic carboxylic acids is 1. The molecular formula is C30H27NO3. The van der Waals surface area contributed by atoms with E-state index in [0.29, 0.717) is 25.3 Å². The van der Waals surface area contributed by atoms with Crippen molar-refractivity contribution in [2.24, 2.45) is 0 Å². The first-order chi connectivity index (χ1) is 16.5. The van der Waals surface area contributed by atoms with E-state index in [0.717, 1.165) is 49.7 Å². The third kappa shape index (κ3) is 4.03. The molecular weight excluding hydrogens is 422 g/mol. The lowest BCUT2D eigenvalue weighted by atomic mass is 9.98. The fourth-order valence-corrected chi connectivity index (χ4v) is 4.90. The molecule has 0 unspecified atom stereocenters. The lowest BCUT2D eigenvalue weighted by Gasteiger charge is -2.12. The van der Waals surface area contributed by atoms with Crippen LogP contribution < -0.4 is 4.74 Å². The smallest absolute Gasteiger partial charge is 0.353 e. The Kier molecular flexibility index (Phi) is 5.81. The van der Waals surface area contributed by atoms with Gasteiger partial charge in [0.05, 0.1) is 6.61 Å². The van der Waals surface area contributed by atoms with Crippen molar-refractivity contribution < 1.29 is 14.6 Å². The zero-order valence-corrected chi connectivity index (χ0v) is 19.4. The molecule has 0 amide bonds. The minimum absolute atomic E-state index is 0.330. The normalized spacial score (nSPS) is 11.2. The van der Waals surface area contributed by atoms with Crippen LogP contribution >= 0.6 is 0 Å². The lowest BCUT2D eigenvalue weighted by molar-refractivity contribution is 0.0686. The number of aromatic nitrogens is 1. The fourth-order valence-electron chi connectivity index (χ4n) is 4.90.